The van der Waals surface area contributed by atoms with Crippen molar-refractivity contribution in [1.82, 2.24) is 15.5 Å². The van der Waals surface area contributed by atoms with Gasteiger partial charge in [-0.3, -0.25) is 0 Å². The molecule has 0 spiro atoms. The van der Waals surface area contributed by atoms with Crippen LogP contribution in [0.15, 0.2) is 23.2 Å². The molecule has 0 saturated heterocycles. The number of hydrogen-bond donors (Lipinski definition) is 2. The second-order valence-corrected chi connectivity index (χ2v) is 6.34. The number of alkyl halides is 2. The van der Waals surface area contributed by atoms with E-state index >= 15 is 0 Å². The third-order valence-electron chi connectivity index (χ3n) is 3.68. The summed E-state index contributed by atoms with van der Waals surface area (Å²) in [5.41, 5.74) is 0.499. The SMILES string of the molecule is CCNC(=NCc1cc(Cl)ccc1OC(F)F)NCCCN(C)CCOC.I. The number of methoxy groups -OCH3 is 1. The number of hydrogen-bond acceptors (Lipinski definition) is 4. The van der Waals surface area contributed by atoms with E-state index in [-0.39, 0.29) is 36.3 Å². The van der Waals surface area contributed by atoms with Crippen molar-refractivity contribution in [2.45, 2.75) is 26.5 Å². The van der Waals surface area contributed by atoms with E-state index in [2.05, 4.69) is 25.3 Å². The highest BCUT2D eigenvalue weighted by Gasteiger charge is 2.10. The van der Waals surface area contributed by atoms with E-state index in [0.29, 0.717) is 29.7 Å². The van der Waals surface area contributed by atoms with Gasteiger partial charge < -0.3 is 25.0 Å². The van der Waals surface area contributed by atoms with E-state index in [0.717, 1.165) is 26.1 Å². The van der Waals surface area contributed by atoms with Gasteiger partial charge in [-0.15, -0.1) is 24.0 Å². The predicted molar refractivity (Wildman–Crippen MR) is 120 cm³/mol. The Kier molecular flexibility index (Phi) is 15.4. The Labute approximate surface area is 188 Å². The second-order valence-electron chi connectivity index (χ2n) is 5.90. The van der Waals surface area contributed by atoms with Crippen LogP contribution in [0.5, 0.6) is 5.75 Å². The average Bonchev–Trinajstić information content (AvgIpc) is 2.62. The van der Waals surface area contributed by atoms with Crippen molar-refractivity contribution in [3.8, 4) is 5.75 Å². The number of guanidine groups is 1. The molecule has 0 aliphatic carbocycles. The second kappa shape index (κ2) is 15.9. The van der Waals surface area contributed by atoms with Gasteiger partial charge in [0.25, 0.3) is 0 Å². The molecule has 0 unspecified atom stereocenters. The van der Waals surface area contributed by atoms with E-state index in [1.165, 1.54) is 12.1 Å². The summed E-state index contributed by atoms with van der Waals surface area (Å²) in [6.07, 6.45) is 0.932. The van der Waals surface area contributed by atoms with Crippen molar-refractivity contribution >= 4 is 41.5 Å². The number of rotatable bonds is 12. The number of benzene rings is 1. The molecule has 0 aromatic heterocycles. The first-order valence-electron chi connectivity index (χ1n) is 8.89. The number of ether oxygens (including phenoxy) is 2. The molecule has 0 atom stereocenters. The number of nitrogens with one attached hydrogen (secondary N) is 2. The molecule has 1 rings (SSSR count). The molecule has 0 bridgehead atoms. The van der Waals surface area contributed by atoms with E-state index in [4.69, 9.17) is 16.3 Å². The Morgan fingerprint density at radius 3 is 2.68 bits per heavy atom. The minimum Gasteiger partial charge on any atom is -0.434 e. The molecular weight excluding hydrogens is 505 g/mol. The lowest BCUT2D eigenvalue weighted by Gasteiger charge is -2.17. The zero-order chi connectivity index (χ0) is 20.1. The van der Waals surface area contributed by atoms with E-state index in [9.17, 15) is 8.78 Å². The van der Waals surface area contributed by atoms with Gasteiger partial charge in [0.1, 0.15) is 5.75 Å². The van der Waals surface area contributed by atoms with Gasteiger partial charge in [-0.05, 0) is 45.1 Å². The minimum atomic E-state index is -2.89. The van der Waals surface area contributed by atoms with Crippen LogP contribution in [0, 0.1) is 0 Å². The van der Waals surface area contributed by atoms with Gasteiger partial charge in [-0.25, -0.2) is 4.99 Å². The molecule has 0 aliphatic rings. The summed E-state index contributed by atoms with van der Waals surface area (Å²) < 4.78 is 34.7. The largest absolute Gasteiger partial charge is 0.434 e. The van der Waals surface area contributed by atoms with Gasteiger partial charge in [0.15, 0.2) is 5.96 Å². The Hall–Kier alpha value is -0.910. The lowest BCUT2D eigenvalue weighted by atomic mass is 10.2. The lowest BCUT2D eigenvalue weighted by molar-refractivity contribution is -0.0504. The van der Waals surface area contributed by atoms with Gasteiger partial charge >= 0.3 is 6.61 Å². The van der Waals surface area contributed by atoms with Crippen LogP contribution in [0.2, 0.25) is 5.02 Å². The van der Waals surface area contributed by atoms with Crippen LogP contribution in [0.3, 0.4) is 0 Å². The van der Waals surface area contributed by atoms with Crippen LogP contribution in [-0.4, -0.2) is 64.4 Å². The zero-order valence-electron chi connectivity index (χ0n) is 16.5. The Morgan fingerprint density at radius 1 is 1.29 bits per heavy atom. The maximum Gasteiger partial charge on any atom is 0.387 e. The molecule has 0 aliphatic heterocycles. The summed E-state index contributed by atoms with van der Waals surface area (Å²) in [6.45, 7) is 3.18. The monoisotopic (exact) mass is 534 g/mol. The summed E-state index contributed by atoms with van der Waals surface area (Å²) in [6, 6.07) is 4.52. The molecule has 0 heterocycles. The third-order valence-corrected chi connectivity index (χ3v) is 3.91. The molecule has 2 N–H and O–H groups in total. The highest BCUT2D eigenvalue weighted by Crippen LogP contribution is 2.25. The summed E-state index contributed by atoms with van der Waals surface area (Å²) >= 11 is 5.96. The Morgan fingerprint density at radius 2 is 2.04 bits per heavy atom. The van der Waals surface area contributed by atoms with Gasteiger partial charge in [0.05, 0.1) is 13.2 Å². The molecule has 6 nitrogen and oxygen atoms in total. The molecule has 0 radical (unpaired) electrons. The van der Waals surface area contributed by atoms with Gasteiger partial charge in [0.2, 0.25) is 0 Å². The Bertz CT molecular complexity index is 583. The molecular formula is C18H30ClF2IN4O2. The van der Waals surface area contributed by atoms with E-state index in [1.54, 1.807) is 13.2 Å². The standard InChI is InChI=1S/C18H29ClF2N4O2.HI/c1-4-22-18(23-8-5-9-25(2)10-11-26-3)24-13-14-12-15(19)6-7-16(14)27-17(20)21;/h6-7,12,17H,4-5,8-11,13H2,1-3H3,(H2,22,23,24);1H. The summed E-state index contributed by atoms with van der Waals surface area (Å²) in [7, 11) is 3.73. The fraction of sp³-hybridized carbons (Fsp3) is 0.611. The first-order valence-corrected chi connectivity index (χ1v) is 9.27. The van der Waals surface area contributed by atoms with Crippen molar-refractivity contribution in [2.75, 3.05) is 46.9 Å². The van der Waals surface area contributed by atoms with Gasteiger partial charge in [-0.1, -0.05) is 11.6 Å². The minimum absolute atomic E-state index is 0. The molecule has 1 aromatic rings. The summed E-state index contributed by atoms with van der Waals surface area (Å²) in [5, 5.41) is 6.81. The molecule has 28 heavy (non-hydrogen) atoms. The first-order chi connectivity index (χ1) is 13.0. The lowest BCUT2D eigenvalue weighted by Crippen LogP contribution is -2.38. The van der Waals surface area contributed by atoms with Gasteiger partial charge in [-0.2, -0.15) is 8.78 Å². The van der Waals surface area contributed by atoms with Crippen molar-refractivity contribution < 1.29 is 18.3 Å². The van der Waals surface area contributed by atoms with Crippen molar-refractivity contribution in [1.29, 1.82) is 0 Å². The smallest absolute Gasteiger partial charge is 0.387 e. The average molecular weight is 535 g/mol. The summed E-state index contributed by atoms with van der Waals surface area (Å²) in [4.78, 5) is 6.63. The van der Waals surface area contributed by atoms with Crippen molar-refractivity contribution in [3.05, 3.63) is 28.8 Å². The predicted octanol–water partition coefficient (Wildman–Crippen LogP) is 3.58. The first kappa shape index (κ1) is 27.1. The summed E-state index contributed by atoms with van der Waals surface area (Å²) in [5.74, 6) is 0.689. The quantitative estimate of drug-likeness (QED) is 0.186. The third kappa shape index (κ3) is 11.8. The van der Waals surface area contributed by atoms with Crippen molar-refractivity contribution in [3.63, 3.8) is 0 Å². The van der Waals surface area contributed by atoms with Crippen LogP contribution in [0.25, 0.3) is 0 Å². The normalized spacial score (nSPS) is 11.5. The topological polar surface area (TPSA) is 58.1 Å². The molecule has 1 aromatic carbocycles. The van der Waals surface area contributed by atoms with Crippen LogP contribution in [0.1, 0.15) is 18.9 Å². The van der Waals surface area contributed by atoms with E-state index < -0.39 is 6.61 Å². The molecule has 0 fully saturated rings. The fourth-order valence-electron chi connectivity index (χ4n) is 2.30. The number of likely N-dealkylation sites (N-methyl/N-ethyl adjacent to an activating group) is 1. The highest BCUT2D eigenvalue weighted by molar-refractivity contribution is 14.0. The maximum absolute atomic E-state index is 12.5. The van der Waals surface area contributed by atoms with E-state index in [1.807, 2.05) is 14.0 Å². The van der Waals surface area contributed by atoms with Crippen LogP contribution < -0.4 is 15.4 Å². The molecule has 10 heteroatoms. The zero-order valence-corrected chi connectivity index (χ0v) is 19.6. The van der Waals surface area contributed by atoms with Gasteiger partial charge in [0, 0.05) is 37.3 Å². The molecule has 162 valence electrons. The van der Waals surface area contributed by atoms with Crippen LogP contribution in [-0.2, 0) is 11.3 Å². The maximum atomic E-state index is 12.5. The molecule has 0 amide bonds. The highest BCUT2D eigenvalue weighted by atomic mass is 127. The van der Waals surface area contributed by atoms with Crippen LogP contribution in [0.4, 0.5) is 8.78 Å². The van der Waals surface area contributed by atoms with Crippen LogP contribution >= 0.6 is 35.6 Å². The number of halogens is 4. The molecule has 0 saturated carbocycles. The van der Waals surface area contributed by atoms with Crippen molar-refractivity contribution in [2.24, 2.45) is 4.99 Å². The number of nitrogens with zero attached hydrogens (tertiary/aromatic N) is 2. The Balaban J connectivity index is 0.00000729. The fourth-order valence-corrected chi connectivity index (χ4v) is 2.50. The number of aliphatic imine (C=N–C) groups is 1.